The van der Waals surface area contributed by atoms with Crippen molar-refractivity contribution < 1.29 is 0 Å². The Morgan fingerprint density at radius 3 is 3.10 bits per heavy atom. The molecule has 2 aromatic rings. The van der Waals surface area contributed by atoms with E-state index in [4.69, 9.17) is 5.73 Å². The molecule has 5 nitrogen and oxygen atoms in total. The van der Waals surface area contributed by atoms with Gasteiger partial charge < -0.3 is 5.73 Å². The normalized spacial score (nSPS) is 10.2. The molecule has 3 N–H and O–H groups in total. The fraction of sp³-hybridized carbons (Fsp3) is 0.333. The van der Waals surface area contributed by atoms with Gasteiger partial charge in [-0.05, 0) is 24.1 Å². The summed E-state index contributed by atoms with van der Waals surface area (Å²) in [7, 11) is 0. The average molecular weight is 302 g/mol. The zero-order valence-electron chi connectivity index (χ0n) is 11.9. The van der Waals surface area contributed by atoms with Crippen LogP contribution in [0.25, 0.3) is 0 Å². The largest absolute Gasteiger partial charge is 0.343 e. The zero-order valence-corrected chi connectivity index (χ0v) is 12.7. The third-order valence-corrected chi connectivity index (χ3v) is 3.85. The van der Waals surface area contributed by atoms with Crippen LogP contribution in [0.2, 0.25) is 0 Å². The summed E-state index contributed by atoms with van der Waals surface area (Å²) in [6.45, 7) is 3.07. The number of thioether (sulfide) groups is 1. The van der Waals surface area contributed by atoms with Gasteiger partial charge in [0.2, 0.25) is 0 Å². The monoisotopic (exact) mass is 302 g/mol. The number of aromatic amines is 1. The lowest BCUT2D eigenvalue weighted by Crippen LogP contribution is -2.17. The minimum Gasteiger partial charge on any atom is -0.320 e. The molecule has 2 rings (SSSR count). The van der Waals surface area contributed by atoms with E-state index in [0.29, 0.717) is 13.1 Å². The number of hydrogen-bond acceptors (Lipinski definition) is 4. The Morgan fingerprint density at radius 1 is 1.48 bits per heavy atom. The minimum atomic E-state index is -0.151. The number of nitrogens with two attached hydrogens (primary N) is 1. The lowest BCUT2D eigenvalue weighted by molar-refractivity contribution is 0.604. The third-order valence-electron chi connectivity index (χ3n) is 2.80. The first-order chi connectivity index (χ1) is 10.2. The van der Waals surface area contributed by atoms with Crippen molar-refractivity contribution in [3.63, 3.8) is 0 Å². The molecule has 0 aliphatic heterocycles. The second-order valence-electron chi connectivity index (χ2n) is 4.46. The highest BCUT2D eigenvalue weighted by molar-refractivity contribution is 7.98. The Kier molecular flexibility index (Phi) is 5.67. The number of hydrogen-bond donors (Lipinski definition) is 2. The van der Waals surface area contributed by atoms with Crippen LogP contribution in [0.3, 0.4) is 0 Å². The highest BCUT2D eigenvalue weighted by atomic mass is 32.2. The lowest BCUT2D eigenvalue weighted by atomic mass is 10.1. The van der Waals surface area contributed by atoms with Gasteiger partial charge in [0, 0.05) is 17.9 Å². The van der Waals surface area contributed by atoms with Gasteiger partial charge >= 0.3 is 5.69 Å². The topological polar surface area (TPSA) is 76.7 Å². The number of aromatic nitrogens is 3. The molecule has 21 heavy (non-hydrogen) atoms. The predicted octanol–water partition coefficient (Wildman–Crippen LogP) is 1.58. The van der Waals surface area contributed by atoms with Gasteiger partial charge in [-0.1, -0.05) is 42.7 Å². The summed E-state index contributed by atoms with van der Waals surface area (Å²) in [6, 6.07) is 8.00. The Bertz CT molecular complexity index is 708. The molecule has 6 heteroatoms. The van der Waals surface area contributed by atoms with Crippen LogP contribution in [0.1, 0.15) is 24.5 Å². The van der Waals surface area contributed by atoms with Crippen molar-refractivity contribution in [3.05, 3.63) is 45.9 Å². The first kappa shape index (κ1) is 15.4. The first-order valence-electron chi connectivity index (χ1n) is 6.80. The maximum atomic E-state index is 11.6. The van der Waals surface area contributed by atoms with Crippen molar-refractivity contribution in [2.75, 3.05) is 6.54 Å². The second-order valence-corrected chi connectivity index (χ2v) is 5.40. The summed E-state index contributed by atoms with van der Waals surface area (Å²) in [6.07, 6.45) is 0.900. The van der Waals surface area contributed by atoms with Crippen LogP contribution in [-0.2, 0) is 12.3 Å². The Hall–Kier alpha value is -1.97. The van der Waals surface area contributed by atoms with Gasteiger partial charge in [-0.3, -0.25) is 4.57 Å². The molecular formula is C15H18N4OS. The van der Waals surface area contributed by atoms with E-state index in [2.05, 4.69) is 22.0 Å². The molecule has 0 saturated carbocycles. The van der Waals surface area contributed by atoms with E-state index in [1.807, 2.05) is 31.2 Å². The third kappa shape index (κ3) is 4.25. The molecule has 1 aromatic carbocycles. The summed E-state index contributed by atoms with van der Waals surface area (Å²) in [5.74, 6) is 6.60. The predicted molar refractivity (Wildman–Crippen MR) is 85.1 cm³/mol. The molecule has 110 valence electrons. The number of rotatable bonds is 5. The van der Waals surface area contributed by atoms with E-state index in [9.17, 15) is 4.79 Å². The van der Waals surface area contributed by atoms with Crippen molar-refractivity contribution in [2.24, 2.45) is 5.73 Å². The van der Waals surface area contributed by atoms with Crippen molar-refractivity contribution in [3.8, 4) is 11.8 Å². The van der Waals surface area contributed by atoms with Gasteiger partial charge in [0.25, 0.3) is 0 Å². The summed E-state index contributed by atoms with van der Waals surface area (Å²) in [5.41, 5.74) is 7.32. The van der Waals surface area contributed by atoms with E-state index >= 15 is 0 Å². The Labute approximate surface area is 127 Å². The SMILES string of the molecule is CCCn1c(SCc2cccc(C#CCN)c2)n[nH]c1=O. The molecule has 0 saturated heterocycles. The van der Waals surface area contributed by atoms with E-state index in [0.717, 1.165) is 28.5 Å². The van der Waals surface area contributed by atoms with Gasteiger partial charge in [-0.25, -0.2) is 9.89 Å². The molecule has 0 unspecified atom stereocenters. The summed E-state index contributed by atoms with van der Waals surface area (Å²) in [4.78, 5) is 11.6. The van der Waals surface area contributed by atoms with Crippen molar-refractivity contribution in [2.45, 2.75) is 30.8 Å². The zero-order chi connectivity index (χ0) is 15.1. The molecule has 0 aliphatic carbocycles. The lowest BCUT2D eigenvalue weighted by Gasteiger charge is -2.04. The van der Waals surface area contributed by atoms with E-state index in [-0.39, 0.29) is 5.69 Å². The van der Waals surface area contributed by atoms with Gasteiger partial charge in [0.15, 0.2) is 5.16 Å². The molecule has 0 spiro atoms. The van der Waals surface area contributed by atoms with Gasteiger partial charge in [0.05, 0.1) is 6.54 Å². The van der Waals surface area contributed by atoms with Crippen LogP contribution in [0, 0.1) is 11.8 Å². The number of nitrogens with one attached hydrogen (secondary N) is 1. The highest BCUT2D eigenvalue weighted by Gasteiger charge is 2.08. The fourth-order valence-electron chi connectivity index (χ4n) is 1.87. The van der Waals surface area contributed by atoms with E-state index in [1.165, 1.54) is 0 Å². The Balaban J connectivity index is 2.08. The molecule has 0 radical (unpaired) electrons. The van der Waals surface area contributed by atoms with Gasteiger partial charge in [-0.15, -0.1) is 5.10 Å². The van der Waals surface area contributed by atoms with E-state index < -0.39 is 0 Å². The Morgan fingerprint density at radius 2 is 2.33 bits per heavy atom. The van der Waals surface area contributed by atoms with Crippen molar-refractivity contribution >= 4 is 11.8 Å². The molecule has 1 heterocycles. The van der Waals surface area contributed by atoms with Crippen LogP contribution >= 0.6 is 11.8 Å². The smallest absolute Gasteiger partial charge is 0.320 e. The quantitative estimate of drug-likeness (QED) is 0.649. The molecule has 0 amide bonds. The number of H-pyrrole nitrogens is 1. The van der Waals surface area contributed by atoms with Crippen molar-refractivity contribution in [1.82, 2.24) is 14.8 Å². The fourth-order valence-corrected chi connectivity index (χ4v) is 2.79. The van der Waals surface area contributed by atoms with Crippen LogP contribution < -0.4 is 11.4 Å². The van der Waals surface area contributed by atoms with E-state index in [1.54, 1.807) is 16.3 Å². The number of benzene rings is 1. The summed E-state index contributed by atoms with van der Waals surface area (Å²) >= 11 is 1.54. The summed E-state index contributed by atoms with van der Waals surface area (Å²) in [5, 5.41) is 7.29. The maximum absolute atomic E-state index is 11.6. The van der Waals surface area contributed by atoms with Gasteiger partial charge in [-0.2, -0.15) is 0 Å². The highest BCUT2D eigenvalue weighted by Crippen LogP contribution is 2.20. The molecular weight excluding hydrogens is 284 g/mol. The molecule has 1 aromatic heterocycles. The second kappa shape index (κ2) is 7.72. The molecule has 0 aliphatic rings. The van der Waals surface area contributed by atoms with Gasteiger partial charge in [0.1, 0.15) is 0 Å². The molecule has 0 atom stereocenters. The standard InChI is InChI=1S/C15H18N4OS/c1-2-9-19-14(20)17-18-15(19)21-11-13-6-3-5-12(10-13)7-4-8-16/h3,5-6,10H,2,8-9,11,16H2,1H3,(H,17,20). The molecule has 0 bridgehead atoms. The van der Waals surface area contributed by atoms with Crippen LogP contribution in [0.4, 0.5) is 0 Å². The number of nitrogens with zero attached hydrogens (tertiary/aromatic N) is 2. The maximum Gasteiger partial charge on any atom is 0.343 e. The summed E-state index contributed by atoms with van der Waals surface area (Å²) < 4.78 is 1.67. The average Bonchev–Trinajstić information content (AvgIpc) is 2.85. The molecule has 0 fully saturated rings. The van der Waals surface area contributed by atoms with Crippen LogP contribution in [-0.4, -0.2) is 21.3 Å². The van der Waals surface area contributed by atoms with Crippen LogP contribution in [0.5, 0.6) is 0 Å². The van der Waals surface area contributed by atoms with Crippen molar-refractivity contribution in [1.29, 1.82) is 0 Å². The minimum absolute atomic E-state index is 0.151. The van der Waals surface area contributed by atoms with Crippen LogP contribution in [0.15, 0.2) is 34.2 Å². The first-order valence-corrected chi connectivity index (χ1v) is 7.79.